The van der Waals surface area contributed by atoms with Crippen LogP contribution in [-0.4, -0.2) is 15.9 Å². The molecule has 27 heavy (non-hydrogen) atoms. The van der Waals surface area contributed by atoms with Gasteiger partial charge in [-0.1, -0.05) is 12.1 Å². The molecule has 0 saturated carbocycles. The summed E-state index contributed by atoms with van der Waals surface area (Å²) in [5, 5.41) is 2.72. The number of hydrogen-bond acceptors (Lipinski definition) is 7. The van der Waals surface area contributed by atoms with Crippen molar-refractivity contribution in [1.82, 2.24) is 9.97 Å². The number of hydrogen-bond donors (Lipinski definition) is 0. The lowest BCUT2D eigenvalue weighted by Gasteiger charge is -2.11. The normalized spacial score (nSPS) is 12.0. The van der Waals surface area contributed by atoms with Crippen LogP contribution in [0.4, 0.5) is 0 Å². The first kappa shape index (κ1) is 17.6. The summed E-state index contributed by atoms with van der Waals surface area (Å²) in [4.78, 5) is 21.1. The van der Waals surface area contributed by atoms with E-state index in [1.54, 1.807) is 29.8 Å². The Kier molecular flexibility index (Phi) is 5.13. The van der Waals surface area contributed by atoms with Crippen LogP contribution in [0.3, 0.4) is 0 Å². The molecule has 2 aromatic carbocycles. The number of para-hydroxylation sites is 1. The lowest BCUT2D eigenvalue weighted by Crippen LogP contribution is -2.09. The van der Waals surface area contributed by atoms with E-state index in [0.29, 0.717) is 17.9 Å². The summed E-state index contributed by atoms with van der Waals surface area (Å²) in [5.41, 5.74) is 4.05. The molecule has 4 rings (SSSR count). The van der Waals surface area contributed by atoms with Gasteiger partial charge in [0.15, 0.2) is 6.10 Å². The highest BCUT2D eigenvalue weighted by Crippen LogP contribution is 2.28. The van der Waals surface area contributed by atoms with Gasteiger partial charge in [0.25, 0.3) is 0 Å². The number of benzene rings is 2. The fourth-order valence-electron chi connectivity index (χ4n) is 2.50. The Bertz CT molecular complexity index is 1010. The van der Waals surface area contributed by atoms with Gasteiger partial charge in [-0.3, -0.25) is 0 Å². The Morgan fingerprint density at radius 2 is 1.96 bits per heavy atom. The Balaban J connectivity index is 1.38. The van der Waals surface area contributed by atoms with Gasteiger partial charge in [0.1, 0.15) is 17.4 Å². The molecule has 5 nitrogen and oxygen atoms in total. The molecular formula is C20H16N2O3S2. The lowest BCUT2D eigenvalue weighted by molar-refractivity contribution is 0.0337. The molecule has 4 aromatic rings. The molecule has 0 saturated heterocycles. The molecule has 7 heteroatoms. The molecule has 0 aliphatic carbocycles. The summed E-state index contributed by atoms with van der Waals surface area (Å²) in [7, 11) is 0. The zero-order valence-electron chi connectivity index (χ0n) is 14.5. The molecule has 0 aliphatic rings. The predicted molar refractivity (Wildman–Crippen MR) is 106 cm³/mol. The van der Waals surface area contributed by atoms with Crippen molar-refractivity contribution in [2.45, 2.75) is 19.6 Å². The first-order valence-electron chi connectivity index (χ1n) is 8.35. The second-order valence-electron chi connectivity index (χ2n) is 5.86. The number of ether oxygens (including phenoxy) is 2. The molecule has 0 bridgehead atoms. The van der Waals surface area contributed by atoms with Crippen LogP contribution >= 0.6 is 22.7 Å². The van der Waals surface area contributed by atoms with Gasteiger partial charge in [0.05, 0.1) is 27.0 Å². The Hall–Kier alpha value is -2.77. The number of carbonyl (C=O) groups excluding carboxylic acids is 1. The van der Waals surface area contributed by atoms with Crippen molar-refractivity contribution in [3.63, 3.8) is 0 Å². The molecule has 1 unspecified atom stereocenters. The Labute approximate surface area is 164 Å². The summed E-state index contributed by atoms with van der Waals surface area (Å²) in [6.45, 7) is 2.24. The van der Waals surface area contributed by atoms with E-state index in [4.69, 9.17) is 9.47 Å². The lowest BCUT2D eigenvalue weighted by atomic mass is 10.2. The molecule has 0 spiro atoms. The summed E-state index contributed by atoms with van der Waals surface area (Å²) < 4.78 is 12.3. The highest BCUT2D eigenvalue weighted by Gasteiger charge is 2.17. The molecule has 0 amide bonds. The molecule has 1 atom stereocenters. The smallest absolute Gasteiger partial charge is 0.338 e. The van der Waals surface area contributed by atoms with Crippen molar-refractivity contribution in [3.8, 4) is 5.75 Å². The number of aromatic nitrogens is 2. The minimum atomic E-state index is -0.407. The quantitative estimate of drug-likeness (QED) is 0.417. The van der Waals surface area contributed by atoms with Gasteiger partial charge in [-0.2, -0.15) is 0 Å². The molecule has 2 heterocycles. The number of rotatable bonds is 6. The van der Waals surface area contributed by atoms with Gasteiger partial charge >= 0.3 is 5.97 Å². The van der Waals surface area contributed by atoms with Crippen molar-refractivity contribution in [1.29, 1.82) is 0 Å². The van der Waals surface area contributed by atoms with Gasteiger partial charge < -0.3 is 9.47 Å². The third-order valence-corrected chi connectivity index (χ3v) is 5.73. The van der Waals surface area contributed by atoms with Crippen LogP contribution in [0.5, 0.6) is 5.75 Å². The predicted octanol–water partition coefficient (Wildman–Crippen LogP) is 5.25. The van der Waals surface area contributed by atoms with Gasteiger partial charge in [-0.05, 0) is 43.3 Å². The van der Waals surface area contributed by atoms with Crippen molar-refractivity contribution in [3.05, 3.63) is 75.7 Å². The number of carbonyl (C=O) groups is 1. The average molecular weight is 396 g/mol. The largest absolute Gasteiger partial charge is 0.487 e. The second-order valence-corrected chi connectivity index (χ2v) is 7.64. The van der Waals surface area contributed by atoms with E-state index in [2.05, 4.69) is 9.97 Å². The molecule has 0 radical (unpaired) electrons. The third-order valence-electron chi connectivity index (χ3n) is 3.90. The number of esters is 1. The third kappa shape index (κ3) is 4.15. The van der Waals surface area contributed by atoms with E-state index in [0.717, 1.165) is 20.9 Å². The van der Waals surface area contributed by atoms with Crippen molar-refractivity contribution in [2.75, 3.05) is 0 Å². The van der Waals surface area contributed by atoms with Crippen LogP contribution in [0.25, 0.3) is 10.2 Å². The van der Waals surface area contributed by atoms with E-state index in [9.17, 15) is 4.79 Å². The van der Waals surface area contributed by atoms with Crippen molar-refractivity contribution < 1.29 is 14.3 Å². The van der Waals surface area contributed by atoms with Gasteiger partial charge in [-0.15, -0.1) is 22.7 Å². The number of nitrogens with zero attached hydrogens (tertiary/aromatic N) is 2. The zero-order valence-corrected chi connectivity index (χ0v) is 16.1. The van der Waals surface area contributed by atoms with Crippen LogP contribution < -0.4 is 4.74 Å². The fourth-order valence-corrected chi connectivity index (χ4v) is 3.99. The maximum Gasteiger partial charge on any atom is 0.338 e. The maximum absolute atomic E-state index is 12.4. The van der Waals surface area contributed by atoms with Crippen LogP contribution in [-0.2, 0) is 11.3 Å². The summed E-state index contributed by atoms with van der Waals surface area (Å²) in [5.74, 6) is 0.298. The van der Waals surface area contributed by atoms with Gasteiger partial charge in [0.2, 0.25) is 0 Å². The van der Waals surface area contributed by atoms with Crippen LogP contribution in [0.1, 0.15) is 34.1 Å². The maximum atomic E-state index is 12.4. The Morgan fingerprint density at radius 3 is 2.70 bits per heavy atom. The summed E-state index contributed by atoms with van der Waals surface area (Å²) in [6, 6.07) is 14.8. The minimum absolute atomic E-state index is 0.382. The Morgan fingerprint density at radius 1 is 1.15 bits per heavy atom. The minimum Gasteiger partial charge on any atom is -0.487 e. The SMILES string of the molecule is CC(OC(=O)c1ccc(OCc2cscn2)cc1)c1nc2ccccc2s1. The molecule has 2 aromatic heterocycles. The zero-order chi connectivity index (χ0) is 18.6. The van der Waals surface area contributed by atoms with E-state index in [1.807, 2.05) is 36.6 Å². The van der Waals surface area contributed by atoms with E-state index < -0.39 is 6.10 Å². The molecular weight excluding hydrogens is 380 g/mol. The van der Waals surface area contributed by atoms with Crippen LogP contribution in [0.15, 0.2) is 59.4 Å². The number of fused-ring (bicyclic) bond motifs is 1. The van der Waals surface area contributed by atoms with E-state index in [-0.39, 0.29) is 5.97 Å². The standard InChI is InChI=1S/C20H16N2O3S2/c1-13(19-22-17-4-2-3-5-18(17)27-19)25-20(23)14-6-8-16(9-7-14)24-10-15-11-26-12-21-15/h2-9,11-13H,10H2,1H3. The molecule has 136 valence electrons. The first-order valence-corrected chi connectivity index (χ1v) is 10.1. The van der Waals surface area contributed by atoms with E-state index >= 15 is 0 Å². The highest BCUT2D eigenvalue weighted by atomic mass is 32.1. The van der Waals surface area contributed by atoms with Crippen molar-refractivity contribution >= 4 is 38.9 Å². The van der Waals surface area contributed by atoms with E-state index in [1.165, 1.54) is 22.7 Å². The highest BCUT2D eigenvalue weighted by molar-refractivity contribution is 7.18. The topological polar surface area (TPSA) is 61.3 Å². The molecule has 0 fully saturated rings. The van der Waals surface area contributed by atoms with Crippen molar-refractivity contribution in [2.24, 2.45) is 0 Å². The summed E-state index contributed by atoms with van der Waals surface area (Å²) in [6.07, 6.45) is -0.407. The number of thiazole rings is 2. The average Bonchev–Trinajstić information content (AvgIpc) is 3.36. The second kappa shape index (κ2) is 7.85. The van der Waals surface area contributed by atoms with Crippen LogP contribution in [0.2, 0.25) is 0 Å². The summed E-state index contributed by atoms with van der Waals surface area (Å²) >= 11 is 3.07. The molecule has 0 N–H and O–H groups in total. The van der Waals surface area contributed by atoms with Crippen LogP contribution in [0, 0.1) is 0 Å². The van der Waals surface area contributed by atoms with Gasteiger partial charge in [-0.25, -0.2) is 14.8 Å². The first-order chi connectivity index (χ1) is 13.2. The monoisotopic (exact) mass is 396 g/mol. The van der Waals surface area contributed by atoms with Gasteiger partial charge in [0, 0.05) is 5.38 Å². The molecule has 0 aliphatic heterocycles. The fraction of sp³-hybridized carbons (Fsp3) is 0.150.